The van der Waals surface area contributed by atoms with Crippen LogP contribution >= 0.6 is 0 Å². The van der Waals surface area contributed by atoms with E-state index in [1.54, 1.807) is 19.4 Å². The second-order valence-electron chi connectivity index (χ2n) is 3.37. The Morgan fingerprint density at radius 2 is 2.24 bits per heavy atom. The van der Waals surface area contributed by atoms with Gasteiger partial charge in [0.05, 0.1) is 11.1 Å². The first-order valence-electron chi connectivity index (χ1n) is 4.82. The molecule has 8 nitrogen and oxygen atoms in total. The number of nitrogens with zero attached hydrogens (tertiary/aromatic N) is 5. The lowest BCUT2D eigenvalue weighted by Gasteiger charge is -2.03. The SMILES string of the molecule is CNc1ncc([N+](=O)[O-])c(-n2cc(C)cn2)n1. The summed E-state index contributed by atoms with van der Waals surface area (Å²) in [5.74, 6) is 0.446. The van der Waals surface area contributed by atoms with Crippen molar-refractivity contribution in [1.82, 2.24) is 19.7 Å². The van der Waals surface area contributed by atoms with E-state index in [2.05, 4.69) is 20.4 Å². The van der Waals surface area contributed by atoms with E-state index in [0.717, 1.165) is 11.8 Å². The summed E-state index contributed by atoms with van der Waals surface area (Å²) in [6.45, 7) is 1.84. The maximum atomic E-state index is 10.9. The fourth-order valence-corrected chi connectivity index (χ4v) is 1.31. The molecule has 0 amide bonds. The monoisotopic (exact) mass is 234 g/mol. The zero-order valence-electron chi connectivity index (χ0n) is 9.28. The van der Waals surface area contributed by atoms with Crippen LogP contribution in [0.2, 0.25) is 0 Å². The van der Waals surface area contributed by atoms with Crippen LogP contribution in [0.4, 0.5) is 11.6 Å². The normalized spacial score (nSPS) is 10.2. The third-order valence-electron chi connectivity index (χ3n) is 2.10. The lowest BCUT2D eigenvalue weighted by Crippen LogP contribution is -2.07. The first-order valence-corrected chi connectivity index (χ1v) is 4.82. The van der Waals surface area contributed by atoms with Crippen molar-refractivity contribution >= 4 is 11.6 Å². The van der Waals surface area contributed by atoms with Gasteiger partial charge in [0, 0.05) is 13.2 Å². The zero-order chi connectivity index (χ0) is 12.4. The molecule has 0 aliphatic heterocycles. The summed E-state index contributed by atoms with van der Waals surface area (Å²) < 4.78 is 1.36. The molecule has 0 unspecified atom stereocenters. The minimum absolute atomic E-state index is 0.141. The van der Waals surface area contributed by atoms with E-state index < -0.39 is 4.92 Å². The van der Waals surface area contributed by atoms with E-state index in [9.17, 15) is 10.1 Å². The summed E-state index contributed by atoms with van der Waals surface area (Å²) in [6.07, 6.45) is 4.42. The molecule has 1 N–H and O–H groups in total. The van der Waals surface area contributed by atoms with Gasteiger partial charge in [0.1, 0.15) is 6.20 Å². The van der Waals surface area contributed by atoms with Crippen LogP contribution in [0.25, 0.3) is 5.82 Å². The molecule has 8 heteroatoms. The summed E-state index contributed by atoms with van der Waals surface area (Å²) in [4.78, 5) is 18.2. The van der Waals surface area contributed by atoms with Gasteiger partial charge >= 0.3 is 5.69 Å². The van der Waals surface area contributed by atoms with Crippen LogP contribution in [0, 0.1) is 17.0 Å². The van der Waals surface area contributed by atoms with E-state index in [-0.39, 0.29) is 11.5 Å². The quantitative estimate of drug-likeness (QED) is 0.626. The van der Waals surface area contributed by atoms with E-state index in [1.165, 1.54) is 4.68 Å². The van der Waals surface area contributed by atoms with E-state index in [4.69, 9.17) is 0 Å². The number of rotatable bonds is 3. The van der Waals surface area contributed by atoms with Crippen LogP contribution in [0.5, 0.6) is 0 Å². The smallest absolute Gasteiger partial charge is 0.332 e. The van der Waals surface area contributed by atoms with Gasteiger partial charge in [-0.05, 0) is 12.5 Å². The topological polar surface area (TPSA) is 98.8 Å². The number of hydrogen-bond acceptors (Lipinski definition) is 6. The van der Waals surface area contributed by atoms with Crippen LogP contribution in [0.1, 0.15) is 5.56 Å². The molecule has 2 heterocycles. The number of aryl methyl sites for hydroxylation is 1. The van der Waals surface area contributed by atoms with Crippen molar-refractivity contribution in [2.75, 3.05) is 12.4 Å². The molecule has 0 bridgehead atoms. The Balaban J connectivity index is 2.60. The average Bonchev–Trinajstić information content (AvgIpc) is 2.75. The van der Waals surface area contributed by atoms with Gasteiger partial charge in [-0.2, -0.15) is 10.1 Å². The maximum Gasteiger partial charge on any atom is 0.332 e. The summed E-state index contributed by atoms with van der Waals surface area (Å²) in [6, 6.07) is 0. The van der Waals surface area contributed by atoms with Crippen molar-refractivity contribution in [3.63, 3.8) is 0 Å². The fourth-order valence-electron chi connectivity index (χ4n) is 1.31. The third-order valence-corrected chi connectivity index (χ3v) is 2.10. The van der Waals surface area contributed by atoms with Crippen molar-refractivity contribution in [2.45, 2.75) is 6.92 Å². The molecule has 0 spiro atoms. The minimum Gasteiger partial charge on any atom is -0.357 e. The summed E-state index contributed by atoms with van der Waals surface area (Å²) in [5.41, 5.74) is 0.705. The molecular weight excluding hydrogens is 224 g/mol. The molecule has 0 radical (unpaired) electrons. The van der Waals surface area contributed by atoms with E-state index in [1.807, 2.05) is 6.92 Å². The Morgan fingerprint density at radius 3 is 2.76 bits per heavy atom. The third kappa shape index (κ3) is 2.05. The van der Waals surface area contributed by atoms with Crippen LogP contribution in [0.3, 0.4) is 0 Å². The Labute approximate surface area is 96.5 Å². The lowest BCUT2D eigenvalue weighted by molar-refractivity contribution is -0.385. The van der Waals surface area contributed by atoms with Crippen molar-refractivity contribution in [2.24, 2.45) is 0 Å². The Kier molecular flexibility index (Phi) is 2.69. The van der Waals surface area contributed by atoms with Crippen molar-refractivity contribution in [1.29, 1.82) is 0 Å². The largest absolute Gasteiger partial charge is 0.357 e. The molecule has 88 valence electrons. The Bertz CT molecular complexity index is 564. The predicted molar refractivity (Wildman–Crippen MR) is 60.1 cm³/mol. The van der Waals surface area contributed by atoms with Gasteiger partial charge in [0.25, 0.3) is 0 Å². The van der Waals surface area contributed by atoms with Gasteiger partial charge < -0.3 is 5.32 Å². The van der Waals surface area contributed by atoms with Gasteiger partial charge in [-0.15, -0.1) is 0 Å². The molecule has 2 aromatic rings. The van der Waals surface area contributed by atoms with Crippen molar-refractivity contribution in [3.8, 4) is 5.82 Å². The highest BCUT2D eigenvalue weighted by molar-refractivity contribution is 5.48. The molecule has 2 aromatic heterocycles. The number of nitrogens with one attached hydrogen (secondary N) is 1. The molecule has 0 fully saturated rings. The molecule has 0 saturated carbocycles. The van der Waals surface area contributed by atoms with Gasteiger partial charge in [0.2, 0.25) is 11.8 Å². The number of nitro groups is 1. The Morgan fingerprint density at radius 1 is 1.47 bits per heavy atom. The molecule has 0 aromatic carbocycles. The standard InChI is InChI=1S/C9H10N6O2/c1-6-3-12-14(5-6)8-7(15(16)17)4-11-9(10-2)13-8/h3-5H,1-2H3,(H,10,11,13). The molecule has 0 aliphatic rings. The number of anilines is 1. The average molecular weight is 234 g/mol. The van der Waals surface area contributed by atoms with Gasteiger partial charge in [-0.1, -0.05) is 0 Å². The Hall–Kier alpha value is -2.51. The number of hydrogen-bond donors (Lipinski definition) is 1. The van der Waals surface area contributed by atoms with Gasteiger partial charge in [-0.25, -0.2) is 9.67 Å². The summed E-state index contributed by atoms with van der Waals surface area (Å²) in [7, 11) is 1.64. The molecule has 0 saturated heterocycles. The van der Waals surface area contributed by atoms with Crippen LogP contribution in [-0.4, -0.2) is 31.7 Å². The highest BCUT2D eigenvalue weighted by Crippen LogP contribution is 2.20. The molecule has 2 rings (SSSR count). The lowest BCUT2D eigenvalue weighted by atomic mass is 10.4. The van der Waals surface area contributed by atoms with Crippen LogP contribution in [0.15, 0.2) is 18.6 Å². The molecule has 0 aliphatic carbocycles. The number of aromatic nitrogens is 4. The predicted octanol–water partition coefficient (Wildman–Crippen LogP) is 0.921. The maximum absolute atomic E-state index is 10.9. The first-order chi connectivity index (χ1) is 8.11. The van der Waals surface area contributed by atoms with E-state index in [0.29, 0.717) is 5.95 Å². The van der Waals surface area contributed by atoms with Gasteiger partial charge in [0.15, 0.2) is 0 Å². The van der Waals surface area contributed by atoms with Crippen LogP contribution < -0.4 is 5.32 Å². The van der Waals surface area contributed by atoms with Crippen LogP contribution in [-0.2, 0) is 0 Å². The fraction of sp³-hybridized carbons (Fsp3) is 0.222. The first kappa shape index (κ1) is 11.0. The highest BCUT2D eigenvalue weighted by atomic mass is 16.6. The zero-order valence-corrected chi connectivity index (χ0v) is 9.28. The highest BCUT2D eigenvalue weighted by Gasteiger charge is 2.19. The van der Waals surface area contributed by atoms with Gasteiger partial charge in [-0.3, -0.25) is 10.1 Å². The van der Waals surface area contributed by atoms with E-state index >= 15 is 0 Å². The second kappa shape index (κ2) is 4.16. The minimum atomic E-state index is -0.536. The molecular formula is C9H10N6O2. The van der Waals surface area contributed by atoms with Crippen molar-refractivity contribution in [3.05, 3.63) is 34.3 Å². The second-order valence-corrected chi connectivity index (χ2v) is 3.37. The molecule has 17 heavy (non-hydrogen) atoms. The van der Waals surface area contributed by atoms with Crippen molar-refractivity contribution < 1.29 is 4.92 Å². The summed E-state index contributed by atoms with van der Waals surface area (Å²) in [5, 5.41) is 17.6. The summed E-state index contributed by atoms with van der Waals surface area (Å²) >= 11 is 0. The molecule has 0 atom stereocenters.